The van der Waals surface area contributed by atoms with Crippen LogP contribution in [0.5, 0.6) is 0 Å². The Morgan fingerprint density at radius 1 is 1.50 bits per heavy atom. The molecule has 5 heteroatoms. The van der Waals surface area contributed by atoms with Crippen LogP contribution in [0.15, 0.2) is 41.7 Å². The highest BCUT2D eigenvalue weighted by Gasteiger charge is 2.05. The van der Waals surface area contributed by atoms with Gasteiger partial charge in [-0.2, -0.15) is 0 Å². The fourth-order valence-corrected chi connectivity index (χ4v) is 1.42. The van der Waals surface area contributed by atoms with Crippen LogP contribution in [0, 0.1) is 0 Å². The molecule has 0 aliphatic heterocycles. The van der Waals surface area contributed by atoms with Crippen LogP contribution in [0.1, 0.15) is 5.82 Å². The second-order valence-corrected chi connectivity index (χ2v) is 3.48. The molecule has 0 aliphatic rings. The number of hydrogen-bond acceptors (Lipinski definition) is 3. The molecule has 0 unspecified atom stereocenters. The van der Waals surface area contributed by atoms with Crippen molar-refractivity contribution in [2.24, 2.45) is 4.99 Å². The molecule has 0 bridgehead atoms. The highest BCUT2D eigenvalue weighted by atomic mass is 35.5. The van der Waals surface area contributed by atoms with Crippen molar-refractivity contribution in [3.63, 3.8) is 0 Å². The number of rotatable bonds is 2. The summed E-state index contributed by atoms with van der Waals surface area (Å²) >= 11 is 5.86. The van der Waals surface area contributed by atoms with Crippen molar-refractivity contribution in [3.8, 4) is 0 Å². The summed E-state index contributed by atoms with van der Waals surface area (Å²) in [6.07, 6.45) is 3.35. The third-order valence-electron chi connectivity index (χ3n) is 1.93. The highest BCUT2D eigenvalue weighted by molar-refractivity contribution is 6.30. The van der Waals surface area contributed by atoms with E-state index in [1.54, 1.807) is 31.6 Å². The number of ether oxygens (including phenoxy) is 1. The Morgan fingerprint density at radius 2 is 2.38 bits per heavy atom. The van der Waals surface area contributed by atoms with E-state index in [9.17, 15) is 0 Å². The zero-order chi connectivity index (χ0) is 11.4. The number of aromatic amines is 1. The van der Waals surface area contributed by atoms with Crippen LogP contribution in [0.25, 0.3) is 0 Å². The molecule has 2 aromatic rings. The standard InChI is InChI=1S/C11H10ClN3O/c1-16-11(10-13-5-6-14-10)15-9-4-2-3-8(12)7-9/h2-7H,1H3,(H,13,14). The van der Waals surface area contributed by atoms with Gasteiger partial charge in [0.05, 0.1) is 12.8 Å². The van der Waals surface area contributed by atoms with Gasteiger partial charge in [-0.3, -0.25) is 0 Å². The third-order valence-corrected chi connectivity index (χ3v) is 2.17. The first-order valence-corrected chi connectivity index (χ1v) is 5.05. The lowest BCUT2D eigenvalue weighted by atomic mass is 10.3. The van der Waals surface area contributed by atoms with Crippen molar-refractivity contribution >= 4 is 23.2 Å². The first-order valence-electron chi connectivity index (χ1n) is 4.67. The summed E-state index contributed by atoms with van der Waals surface area (Å²) in [5, 5.41) is 0.635. The minimum Gasteiger partial charge on any atom is -0.478 e. The van der Waals surface area contributed by atoms with Crippen LogP contribution in [-0.2, 0) is 4.74 Å². The molecule has 0 fully saturated rings. The predicted octanol–water partition coefficient (Wildman–Crippen LogP) is 2.79. The molecule has 1 N–H and O–H groups in total. The van der Waals surface area contributed by atoms with Crippen molar-refractivity contribution in [1.29, 1.82) is 0 Å². The third kappa shape index (κ3) is 2.41. The molecule has 1 aromatic heterocycles. The number of nitrogens with one attached hydrogen (secondary N) is 1. The molecular formula is C11H10ClN3O. The monoisotopic (exact) mass is 235 g/mol. The Labute approximate surface area is 98.0 Å². The number of hydrogen-bond donors (Lipinski definition) is 1. The van der Waals surface area contributed by atoms with E-state index < -0.39 is 0 Å². The van der Waals surface area contributed by atoms with Crippen molar-refractivity contribution in [3.05, 3.63) is 47.5 Å². The quantitative estimate of drug-likeness (QED) is 0.643. The van der Waals surface area contributed by atoms with E-state index in [2.05, 4.69) is 15.0 Å². The zero-order valence-corrected chi connectivity index (χ0v) is 9.40. The number of imidazole rings is 1. The summed E-state index contributed by atoms with van der Waals surface area (Å²) in [7, 11) is 1.55. The molecule has 0 aliphatic carbocycles. The average molecular weight is 236 g/mol. The smallest absolute Gasteiger partial charge is 0.258 e. The minimum atomic E-state index is 0.423. The van der Waals surface area contributed by atoms with E-state index in [1.807, 2.05) is 12.1 Å². The van der Waals surface area contributed by atoms with E-state index in [-0.39, 0.29) is 0 Å². The fourth-order valence-electron chi connectivity index (χ4n) is 1.24. The topological polar surface area (TPSA) is 50.3 Å². The molecule has 1 aromatic carbocycles. The van der Waals surface area contributed by atoms with E-state index in [1.165, 1.54) is 0 Å². The average Bonchev–Trinajstić information content (AvgIpc) is 2.79. The molecule has 0 radical (unpaired) electrons. The van der Waals surface area contributed by atoms with Gasteiger partial charge in [0.25, 0.3) is 5.90 Å². The van der Waals surface area contributed by atoms with Crippen LogP contribution in [0.2, 0.25) is 5.02 Å². The molecule has 0 saturated heterocycles. The van der Waals surface area contributed by atoms with Gasteiger partial charge >= 0.3 is 0 Å². The second-order valence-electron chi connectivity index (χ2n) is 3.04. The molecule has 1 heterocycles. The maximum Gasteiger partial charge on any atom is 0.258 e. The van der Waals surface area contributed by atoms with Crippen LogP contribution in [0.3, 0.4) is 0 Å². The molecule has 82 valence electrons. The summed E-state index contributed by atoms with van der Waals surface area (Å²) in [4.78, 5) is 11.3. The summed E-state index contributed by atoms with van der Waals surface area (Å²) in [5.41, 5.74) is 0.723. The minimum absolute atomic E-state index is 0.423. The van der Waals surface area contributed by atoms with E-state index in [0.717, 1.165) is 5.69 Å². The van der Waals surface area contributed by atoms with Crippen molar-refractivity contribution < 1.29 is 4.74 Å². The van der Waals surface area contributed by atoms with Crippen LogP contribution in [-0.4, -0.2) is 23.0 Å². The molecule has 4 nitrogen and oxygen atoms in total. The lowest BCUT2D eigenvalue weighted by Gasteiger charge is -2.01. The molecule has 0 atom stereocenters. The molecule has 0 spiro atoms. The maximum atomic E-state index is 5.86. The van der Waals surface area contributed by atoms with Gasteiger partial charge in [0.2, 0.25) is 0 Å². The Hall–Kier alpha value is -1.81. The van der Waals surface area contributed by atoms with Gasteiger partial charge in [-0.25, -0.2) is 9.98 Å². The zero-order valence-electron chi connectivity index (χ0n) is 8.64. The first kappa shape index (κ1) is 10.7. The highest BCUT2D eigenvalue weighted by Crippen LogP contribution is 2.18. The Bertz CT molecular complexity index is 494. The summed E-state index contributed by atoms with van der Waals surface area (Å²) in [5.74, 6) is 1.01. The molecule has 2 rings (SSSR count). The van der Waals surface area contributed by atoms with Crippen LogP contribution >= 0.6 is 11.6 Å². The van der Waals surface area contributed by atoms with Gasteiger partial charge in [-0.1, -0.05) is 17.7 Å². The van der Waals surface area contributed by atoms with Gasteiger partial charge in [0.1, 0.15) is 0 Å². The molecule has 0 amide bonds. The maximum absolute atomic E-state index is 5.86. The number of nitrogens with zero attached hydrogens (tertiary/aromatic N) is 2. The Morgan fingerprint density at radius 3 is 3.00 bits per heavy atom. The SMILES string of the molecule is COC(=Nc1cccc(Cl)c1)c1ncc[nH]1. The summed E-state index contributed by atoms with van der Waals surface area (Å²) in [6, 6.07) is 7.22. The number of aromatic nitrogens is 2. The number of H-pyrrole nitrogens is 1. The largest absolute Gasteiger partial charge is 0.478 e. The lowest BCUT2D eigenvalue weighted by Crippen LogP contribution is -2.05. The Balaban J connectivity index is 2.34. The summed E-state index contributed by atoms with van der Waals surface area (Å²) < 4.78 is 5.15. The van der Waals surface area contributed by atoms with Gasteiger partial charge in [0, 0.05) is 17.4 Å². The number of halogens is 1. The van der Waals surface area contributed by atoms with Crippen molar-refractivity contribution in [2.45, 2.75) is 0 Å². The molecular weight excluding hydrogens is 226 g/mol. The van der Waals surface area contributed by atoms with E-state index in [0.29, 0.717) is 16.7 Å². The lowest BCUT2D eigenvalue weighted by molar-refractivity contribution is 0.402. The Kier molecular flexibility index (Phi) is 3.22. The number of methoxy groups -OCH3 is 1. The first-order chi connectivity index (χ1) is 7.79. The second kappa shape index (κ2) is 4.81. The van der Waals surface area contributed by atoms with E-state index in [4.69, 9.17) is 16.3 Å². The number of aliphatic imine (C=N–C) groups is 1. The van der Waals surface area contributed by atoms with Crippen molar-refractivity contribution in [1.82, 2.24) is 9.97 Å². The van der Waals surface area contributed by atoms with Crippen molar-refractivity contribution in [2.75, 3.05) is 7.11 Å². The van der Waals surface area contributed by atoms with E-state index >= 15 is 0 Å². The molecule has 16 heavy (non-hydrogen) atoms. The predicted molar refractivity (Wildman–Crippen MR) is 63.2 cm³/mol. The van der Waals surface area contributed by atoms with Gasteiger partial charge in [-0.05, 0) is 18.2 Å². The van der Waals surface area contributed by atoms with Crippen LogP contribution in [0.4, 0.5) is 5.69 Å². The van der Waals surface area contributed by atoms with Gasteiger partial charge < -0.3 is 9.72 Å². The van der Waals surface area contributed by atoms with Crippen LogP contribution < -0.4 is 0 Å². The summed E-state index contributed by atoms with van der Waals surface area (Å²) in [6.45, 7) is 0. The molecule has 0 saturated carbocycles. The number of benzene rings is 1. The normalized spacial score (nSPS) is 11.5. The fraction of sp³-hybridized carbons (Fsp3) is 0.0909. The van der Waals surface area contributed by atoms with Gasteiger partial charge in [0.15, 0.2) is 5.82 Å². The van der Waals surface area contributed by atoms with Gasteiger partial charge in [-0.15, -0.1) is 0 Å².